The first-order valence-corrected chi connectivity index (χ1v) is 20.9. The molecular weight excluding hydrogens is 771 g/mol. The minimum Gasteiger partial charge on any atom is -0.453 e. The summed E-state index contributed by atoms with van der Waals surface area (Å²) in [6.07, 6.45) is 6.31. The monoisotopic (exact) mass is 821 g/mol. The Hall–Kier alpha value is -6.96. The Kier molecular flexibility index (Phi) is 11.9. The SMILES string of the molecule is CNC(=O)N[C@@H](C(=O)N1CCC[C@H]1c1ncc(-c2ccc(-c3ccc4cc(-c5c[nH]c([C@@H]6CCCN6C(=O)[C@@H](NC(=O)OC)C(C)C)n5)ccc4c3)cc2)[nH]1)c1ccccc1. The number of imidazole rings is 2. The zero-order valence-electron chi connectivity index (χ0n) is 34.8. The second kappa shape index (κ2) is 17.7. The van der Waals surface area contributed by atoms with Gasteiger partial charge in [-0.1, -0.05) is 92.7 Å². The molecule has 0 saturated carbocycles. The highest BCUT2D eigenvalue weighted by Crippen LogP contribution is 2.36. The molecule has 14 heteroatoms. The van der Waals surface area contributed by atoms with E-state index in [0.29, 0.717) is 13.1 Å². The fourth-order valence-electron chi connectivity index (χ4n) is 8.54. The number of rotatable bonds is 11. The summed E-state index contributed by atoms with van der Waals surface area (Å²) in [5, 5.41) is 10.3. The molecule has 4 aromatic carbocycles. The smallest absolute Gasteiger partial charge is 0.407 e. The molecule has 6 aromatic rings. The minimum absolute atomic E-state index is 0.107. The molecule has 61 heavy (non-hydrogen) atoms. The van der Waals surface area contributed by atoms with Gasteiger partial charge in [-0.2, -0.15) is 0 Å². The Balaban J connectivity index is 0.942. The van der Waals surface area contributed by atoms with E-state index in [9.17, 15) is 19.2 Å². The number of amides is 5. The highest BCUT2D eigenvalue weighted by molar-refractivity contribution is 5.91. The first-order valence-electron chi connectivity index (χ1n) is 20.9. The summed E-state index contributed by atoms with van der Waals surface area (Å²) in [5.74, 6) is 1.03. The van der Waals surface area contributed by atoms with Crippen LogP contribution in [0.5, 0.6) is 0 Å². The van der Waals surface area contributed by atoms with Gasteiger partial charge < -0.3 is 40.5 Å². The second-order valence-electron chi connectivity index (χ2n) is 16.0. The molecule has 0 spiro atoms. The van der Waals surface area contributed by atoms with E-state index in [1.165, 1.54) is 14.2 Å². The van der Waals surface area contributed by atoms with Crippen molar-refractivity contribution in [2.75, 3.05) is 27.2 Å². The van der Waals surface area contributed by atoms with Gasteiger partial charge >= 0.3 is 12.1 Å². The summed E-state index contributed by atoms with van der Waals surface area (Å²) in [5.41, 5.74) is 6.49. The lowest BCUT2D eigenvalue weighted by Gasteiger charge is -2.29. The zero-order chi connectivity index (χ0) is 42.6. The number of methoxy groups -OCH3 is 1. The van der Waals surface area contributed by atoms with Crippen molar-refractivity contribution in [1.29, 1.82) is 0 Å². The van der Waals surface area contributed by atoms with E-state index in [1.807, 2.05) is 66.4 Å². The van der Waals surface area contributed by atoms with Gasteiger partial charge in [-0.3, -0.25) is 9.59 Å². The van der Waals surface area contributed by atoms with Crippen LogP contribution in [0, 0.1) is 5.92 Å². The van der Waals surface area contributed by atoms with Crippen LogP contribution in [0.1, 0.15) is 74.9 Å². The molecule has 2 aliphatic heterocycles. The molecular formula is C47H51N9O5. The van der Waals surface area contributed by atoms with Crippen LogP contribution < -0.4 is 16.0 Å². The van der Waals surface area contributed by atoms with Gasteiger partial charge in [0.05, 0.1) is 36.8 Å². The van der Waals surface area contributed by atoms with Crippen LogP contribution in [0.3, 0.4) is 0 Å². The van der Waals surface area contributed by atoms with Crippen LogP contribution in [0.15, 0.2) is 103 Å². The van der Waals surface area contributed by atoms with E-state index >= 15 is 0 Å². The van der Waals surface area contributed by atoms with E-state index in [0.717, 1.165) is 87.3 Å². The maximum absolute atomic E-state index is 13.9. The summed E-state index contributed by atoms with van der Waals surface area (Å²) in [7, 11) is 2.82. The summed E-state index contributed by atoms with van der Waals surface area (Å²) < 4.78 is 4.77. The highest BCUT2D eigenvalue weighted by atomic mass is 16.5. The highest BCUT2D eigenvalue weighted by Gasteiger charge is 2.38. The first-order chi connectivity index (χ1) is 29.6. The van der Waals surface area contributed by atoms with Crippen molar-refractivity contribution in [1.82, 2.24) is 45.7 Å². The van der Waals surface area contributed by atoms with Crippen LogP contribution in [0.4, 0.5) is 9.59 Å². The van der Waals surface area contributed by atoms with Gasteiger partial charge in [-0.25, -0.2) is 19.6 Å². The molecule has 0 bridgehead atoms. The number of alkyl carbamates (subject to hydrolysis) is 1. The third kappa shape index (κ3) is 8.56. The molecule has 0 unspecified atom stereocenters. The molecule has 0 radical (unpaired) electrons. The predicted octanol–water partition coefficient (Wildman–Crippen LogP) is 7.66. The number of aromatic amines is 2. The van der Waals surface area contributed by atoms with Gasteiger partial charge in [0.1, 0.15) is 23.7 Å². The number of benzene rings is 4. The van der Waals surface area contributed by atoms with Gasteiger partial charge in [-0.15, -0.1) is 0 Å². The van der Waals surface area contributed by atoms with Crippen molar-refractivity contribution in [3.8, 4) is 33.6 Å². The number of hydrogen-bond acceptors (Lipinski definition) is 7. The van der Waals surface area contributed by atoms with Crippen molar-refractivity contribution in [2.24, 2.45) is 5.92 Å². The van der Waals surface area contributed by atoms with Gasteiger partial charge in [-0.05, 0) is 76.8 Å². The molecule has 5 amide bonds. The summed E-state index contributed by atoms with van der Waals surface area (Å²) in [6.45, 7) is 4.98. The minimum atomic E-state index is -0.818. The lowest BCUT2D eigenvalue weighted by atomic mass is 9.98. The molecule has 2 fully saturated rings. The quantitative estimate of drug-likeness (QED) is 0.0891. The van der Waals surface area contributed by atoms with Gasteiger partial charge in [0.25, 0.3) is 0 Å². The van der Waals surface area contributed by atoms with Crippen molar-refractivity contribution in [3.05, 3.63) is 121 Å². The lowest BCUT2D eigenvalue weighted by molar-refractivity contribution is -0.135. The number of ether oxygens (including phenoxy) is 1. The molecule has 4 atom stereocenters. The average Bonchev–Trinajstić information content (AvgIpc) is 4.14. The number of nitrogens with one attached hydrogen (secondary N) is 5. The topological polar surface area (TPSA) is 177 Å². The third-order valence-corrected chi connectivity index (χ3v) is 11.8. The molecule has 2 aromatic heterocycles. The average molecular weight is 822 g/mol. The second-order valence-corrected chi connectivity index (χ2v) is 16.0. The largest absolute Gasteiger partial charge is 0.453 e. The zero-order valence-corrected chi connectivity index (χ0v) is 34.8. The summed E-state index contributed by atoms with van der Waals surface area (Å²) in [4.78, 5) is 72.0. The van der Waals surface area contributed by atoms with E-state index in [-0.39, 0.29) is 29.8 Å². The number of carbonyl (C=O) groups excluding carboxylic acids is 4. The van der Waals surface area contributed by atoms with Crippen molar-refractivity contribution in [2.45, 2.75) is 63.7 Å². The lowest BCUT2D eigenvalue weighted by Crippen LogP contribution is -2.51. The maximum Gasteiger partial charge on any atom is 0.407 e. The fraction of sp³-hybridized carbons (Fsp3) is 0.319. The van der Waals surface area contributed by atoms with Crippen LogP contribution in [0.25, 0.3) is 44.4 Å². The standard InChI is InChI=1S/C47H51N9O5/c1-28(2)40(54-47(60)61-4)44(57)55-22-8-12-38(55)43-50-27-37(52-43)35-21-20-33-24-32(18-19-34(33)25-35)29-14-16-30(17-15-29)36-26-49-42(51-36)39-13-9-23-56(39)45(58)41(53-46(59)48-3)31-10-6-5-7-11-31/h5-7,10-11,14-21,24-28,38-41H,8-9,12-13,22-23H2,1-4H3,(H,49,51)(H,50,52)(H,54,60)(H2,48,53,59)/t38-,39-,40-,41+/m0/s1. The molecule has 2 saturated heterocycles. The molecule has 14 nitrogen and oxygen atoms in total. The normalized spacial score (nSPS) is 17.3. The Bertz CT molecular complexity index is 2530. The van der Waals surface area contributed by atoms with Crippen LogP contribution in [-0.2, 0) is 14.3 Å². The Labute approximate surface area is 354 Å². The van der Waals surface area contributed by atoms with E-state index in [2.05, 4.69) is 86.6 Å². The Morgan fingerprint density at radius 1 is 0.754 bits per heavy atom. The van der Waals surface area contributed by atoms with E-state index in [4.69, 9.17) is 14.7 Å². The Morgan fingerprint density at radius 3 is 2.05 bits per heavy atom. The summed E-state index contributed by atoms with van der Waals surface area (Å²) >= 11 is 0. The molecule has 8 rings (SSSR count). The number of likely N-dealkylation sites (tertiary alicyclic amines) is 2. The molecule has 5 N–H and O–H groups in total. The predicted molar refractivity (Wildman–Crippen MR) is 233 cm³/mol. The molecule has 314 valence electrons. The number of hydrogen-bond donors (Lipinski definition) is 5. The van der Waals surface area contributed by atoms with Crippen LogP contribution >= 0.6 is 0 Å². The van der Waals surface area contributed by atoms with Gasteiger partial charge in [0.15, 0.2) is 0 Å². The number of nitrogens with zero attached hydrogens (tertiary/aromatic N) is 4. The first kappa shape index (κ1) is 40.8. The van der Waals surface area contributed by atoms with E-state index in [1.54, 1.807) is 0 Å². The number of aromatic nitrogens is 4. The molecule has 2 aliphatic rings. The number of carbonyl (C=O) groups is 4. The number of urea groups is 1. The van der Waals surface area contributed by atoms with Crippen molar-refractivity contribution >= 4 is 34.7 Å². The van der Waals surface area contributed by atoms with Gasteiger partial charge in [0.2, 0.25) is 11.8 Å². The van der Waals surface area contributed by atoms with Crippen LogP contribution in [-0.4, -0.2) is 87.0 Å². The fourth-order valence-corrected chi connectivity index (χ4v) is 8.54. The van der Waals surface area contributed by atoms with Gasteiger partial charge in [0, 0.05) is 31.9 Å². The maximum atomic E-state index is 13.9. The number of H-pyrrole nitrogens is 2. The Morgan fingerprint density at radius 2 is 1.38 bits per heavy atom. The molecule has 4 heterocycles. The number of fused-ring (bicyclic) bond motifs is 1. The summed E-state index contributed by atoms with van der Waals surface area (Å²) in [6, 6.07) is 28.0. The van der Waals surface area contributed by atoms with Crippen molar-refractivity contribution < 1.29 is 23.9 Å². The van der Waals surface area contributed by atoms with Crippen molar-refractivity contribution in [3.63, 3.8) is 0 Å². The van der Waals surface area contributed by atoms with E-state index < -0.39 is 24.2 Å². The van der Waals surface area contributed by atoms with Crippen LogP contribution in [0.2, 0.25) is 0 Å². The third-order valence-electron chi connectivity index (χ3n) is 11.8. The molecule has 0 aliphatic carbocycles.